The third-order valence-corrected chi connectivity index (χ3v) is 6.31. The number of nitrogens with two attached hydrogens (primary N) is 1. The van der Waals surface area contributed by atoms with Crippen LogP contribution in [0, 0.1) is 17.8 Å². The van der Waals surface area contributed by atoms with E-state index >= 15 is 0 Å². The van der Waals surface area contributed by atoms with Gasteiger partial charge in [-0.1, -0.05) is 26.0 Å². The van der Waals surface area contributed by atoms with Gasteiger partial charge in [-0.15, -0.1) is 0 Å². The summed E-state index contributed by atoms with van der Waals surface area (Å²) in [7, 11) is 5.43. The van der Waals surface area contributed by atoms with Crippen molar-refractivity contribution in [2.45, 2.75) is 32.4 Å². The monoisotopic (exact) mass is 388 g/mol. The van der Waals surface area contributed by atoms with Crippen LogP contribution in [0.3, 0.4) is 0 Å². The predicted molar refractivity (Wildman–Crippen MR) is 104 cm³/mol. The number of quaternary nitrogens is 1. The topological polar surface area (TPSA) is 83.5 Å². The number of amides is 2. The van der Waals surface area contributed by atoms with E-state index in [9.17, 15) is 14.4 Å². The van der Waals surface area contributed by atoms with Crippen molar-refractivity contribution in [1.29, 1.82) is 0 Å². The molecule has 1 aromatic rings. The molecular formula is C21H30N3O4+. The third kappa shape index (κ3) is 2.80. The van der Waals surface area contributed by atoms with Gasteiger partial charge in [0.05, 0.1) is 6.61 Å². The Hall–Kier alpha value is -2.41. The van der Waals surface area contributed by atoms with E-state index in [1.54, 1.807) is 6.92 Å². The van der Waals surface area contributed by atoms with Gasteiger partial charge in [0, 0.05) is 38.3 Å². The van der Waals surface area contributed by atoms with E-state index in [-0.39, 0.29) is 30.4 Å². The number of esters is 1. The molecule has 2 saturated heterocycles. The van der Waals surface area contributed by atoms with Gasteiger partial charge in [-0.05, 0) is 19.1 Å². The highest BCUT2D eigenvalue weighted by atomic mass is 16.5. The van der Waals surface area contributed by atoms with Gasteiger partial charge >= 0.3 is 5.97 Å². The molecule has 28 heavy (non-hydrogen) atoms. The molecule has 7 nitrogen and oxygen atoms in total. The first-order chi connectivity index (χ1) is 13.2. The summed E-state index contributed by atoms with van der Waals surface area (Å²) >= 11 is 0. The number of ether oxygens (including phenoxy) is 1. The molecule has 2 amide bonds. The number of imide groups is 1. The Morgan fingerprint density at radius 2 is 1.82 bits per heavy atom. The van der Waals surface area contributed by atoms with E-state index in [1.807, 2.05) is 62.4 Å². The van der Waals surface area contributed by atoms with Crippen molar-refractivity contribution >= 4 is 23.5 Å². The first-order valence-electron chi connectivity index (χ1n) is 9.78. The van der Waals surface area contributed by atoms with Crippen LogP contribution < -0.4 is 10.2 Å². The highest BCUT2D eigenvalue weighted by Gasteiger charge is 2.73. The minimum Gasteiger partial charge on any atom is -0.461 e. The number of benzene rings is 1. The molecule has 3 rings (SSSR count). The molecule has 2 heterocycles. The highest BCUT2D eigenvalue weighted by Crippen LogP contribution is 2.46. The van der Waals surface area contributed by atoms with Crippen molar-refractivity contribution in [2.75, 3.05) is 32.6 Å². The lowest BCUT2D eigenvalue weighted by molar-refractivity contribution is -0.740. The van der Waals surface area contributed by atoms with Crippen LogP contribution in [0.4, 0.5) is 5.69 Å². The maximum absolute atomic E-state index is 13.1. The molecule has 1 aromatic carbocycles. The summed E-state index contributed by atoms with van der Waals surface area (Å²) in [6.45, 7) is 5.82. The standard InChI is InChI=1S/C21H29N3O4/c1-7-28-20(27)21(12(2)3)16-15(18(25)24(6)19(16)26)17(22-21)13-8-10-14(11-9-13)23(4)5/h8-12,15-17,22H,7H2,1-6H3/p+1/t15-,16+,17-,21-/m0/s1. The zero-order valence-electron chi connectivity index (χ0n) is 17.4. The number of anilines is 1. The zero-order valence-corrected chi connectivity index (χ0v) is 17.4. The molecule has 152 valence electrons. The number of rotatable bonds is 5. The maximum atomic E-state index is 13.1. The van der Waals surface area contributed by atoms with Crippen LogP contribution in [-0.4, -0.2) is 56.0 Å². The van der Waals surface area contributed by atoms with Crippen molar-refractivity contribution in [2.24, 2.45) is 17.8 Å². The van der Waals surface area contributed by atoms with Gasteiger partial charge in [0.1, 0.15) is 17.9 Å². The van der Waals surface area contributed by atoms with Crippen molar-refractivity contribution in [1.82, 2.24) is 4.90 Å². The lowest BCUT2D eigenvalue weighted by Crippen LogP contribution is -2.99. The number of carbonyl (C=O) groups is 3. The molecule has 0 bridgehead atoms. The van der Waals surface area contributed by atoms with Crippen LogP contribution in [0.25, 0.3) is 0 Å². The van der Waals surface area contributed by atoms with E-state index in [1.165, 1.54) is 11.9 Å². The molecule has 0 aliphatic carbocycles. The Labute approximate surface area is 166 Å². The number of hydrogen-bond acceptors (Lipinski definition) is 5. The summed E-state index contributed by atoms with van der Waals surface area (Å²) < 4.78 is 5.39. The Bertz CT molecular complexity index is 789. The number of nitrogens with zero attached hydrogens (tertiary/aromatic N) is 2. The normalized spacial score (nSPS) is 29.4. The van der Waals surface area contributed by atoms with Crippen molar-refractivity contribution < 1.29 is 24.4 Å². The second-order valence-corrected chi connectivity index (χ2v) is 8.23. The van der Waals surface area contributed by atoms with E-state index in [0.29, 0.717) is 0 Å². The molecule has 0 saturated carbocycles. The van der Waals surface area contributed by atoms with Crippen LogP contribution in [0.5, 0.6) is 0 Å². The molecular weight excluding hydrogens is 358 g/mol. The van der Waals surface area contributed by atoms with Gasteiger partial charge in [0.2, 0.25) is 17.4 Å². The second kappa shape index (κ2) is 7.20. The van der Waals surface area contributed by atoms with Gasteiger partial charge in [0.15, 0.2) is 0 Å². The third-order valence-electron chi connectivity index (χ3n) is 6.31. The molecule has 2 N–H and O–H groups in total. The van der Waals surface area contributed by atoms with E-state index < -0.39 is 23.3 Å². The molecule has 0 spiro atoms. The van der Waals surface area contributed by atoms with Gasteiger partial charge in [-0.25, -0.2) is 4.79 Å². The maximum Gasteiger partial charge on any atom is 0.369 e. The van der Waals surface area contributed by atoms with Crippen LogP contribution in [0.15, 0.2) is 24.3 Å². The van der Waals surface area contributed by atoms with Gasteiger partial charge in [-0.3, -0.25) is 14.5 Å². The lowest BCUT2D eigenvalue weighted by Gasteiger charge is -2.32. The fourth-order valence-electron chi connectivity index (χ4n) is 4.74. The van der Waals surface area contributed by atoms with Crippen LogP contribution in [-0.2, 0) is 19.1 Å². The summed E-state index contributed by atoms with van der Waals surface area (Å²) in [6, 6.07) is 7.62. The zero-order chi connectivity index (χ0) is 20.8. The number of hydrogen-bond donors (Lipinski definition) is 1. The Morgan fingerprint density at radius 3 is 2.32 bits per heavy atom. The molecule has 0 unspecified atom stereocenters. The Morgan fingerprint density at radius 1 is 1.21 bits per heavy atom. The minimum atomic E-state index is -1.11. The van der Waals surface area contributed by atoms with Crippen LogP contribution in [0.1, 0.15) is 32.4 Å². The van der Waals surface area contributed by atoms with E-state index in [2.05, 4.69) is 0 Å². The van der Waals surface area contributed by atoms with Gasteiger partial charge in [0.25, 0.3) is 0 Å². The van der Waals surface area contributed by atoms with E-state index in [0.717, 1.165) is 11.3 Å². The fourth-order valence-corrected chi connectivity index (χ4v) is 4.74. The molecule has 2 aliphatic rings. The molecule has 2 fully saturated rings. The smallest absolute Gasteiger partial charge is 0.369 e. The summed E-state index contributed by atoms with van der Waals surface area (Å²) in [6.07, 6.45) is 0. The second-order valence-electron chi connectivity index (χ2n) is 8.23. The SMILES string of the molecule is CCOC(=O)[C@@]1(C(C)C)[NH2+][C@@H](c2ccc(N(C)C)cc2)[C@H]2C(=O)N(C)C(=O)[C@@H]21. The van der Waals surface area contributed by atoms with Gasteiger partial charge in [-0.2, -0.15) is 0 Å². The minimum absolute atomic E-state index is 0.173. The first-order valence-corrected chi connectivity index (χ1v) is 9.78. The molecule has 0 aromatic heterocycles. The average Bonchev–Trinajstić information content (AvgIpc) is 3.13. The number of fused-ring (bicyclic) bond motifs is 1. The van der Waals surface area contributed by atoms with E-state index in [4.69, 9.17) is 4.74 Å². The summed E-state index contributed by atoms with van der Waals surface area (Å²) in [4.78, 5) is 42.3. The van der Waals surface area contributed by atoms with Crippen molar-refractivity contribution in [3.05, 3.63) is 29.8 Å². The largest absolute Gasteiger partial charge is 0.461 e. The summed E-state index contributed by atoms with van der Waals surface area (Å²) in [5, 5.41) is 1.92. The molecule has 7 heteroatoms. The molecule has 2 aliphatic heterocycles. The first kappa shape index (κ1) is 20.3. The molecule has 4 atom stereocenters. The van der Waals surface area contributed by atoms with Gasteiger partial charge < -0.3 is 15.0 Å². The number of likely N-dealkylation sites (tertiary alicyclic amines) is 1. The summed E-state index contributed by atoms with van der Waals surface area (Å²) in [5.74, 6) is -2.39. The average molecular weight is 388 g/mol. The highest BCUT2D eigenvalue weighted by molar-refractivity contribution is 6.08. The molecule has 0 radical (unpaired) electrons. The summed E-state index contributed by atoms with van der Waals surface area (Å²) in [5.41, 5.74) is 0.872. The fraction of sp³-hybridized carbons (Fsp3) is 0.571. The Balaban J connectivity index is 2.11. The van der Waals surface area contributed by atoms with Crippen LogP contribution >= 0.6 is 0 Å². The predicted octanol–water partition coefficient (Wildman–Crippen LogP) is 0.560. The quantitative estimate of drug-likeness (QED) is 0.589. The van der Waals surface area contributed by atoms with Crippen molar-refractivity contribution in [3.8, 4) is 0 Å². The van der Waals surface area contributed by atoms with Crippen LogP contribution in [0.2, 0.25) is 0 Å². The number of carbonyl (C=O) groups excluding carboxylic acids is 3. The Kier molecular flexibility index (Phi) is 5.23. The van der Waals surface area contributed by atoms with Crippen molar-refractivity contribution in [3.63, 3.8) is 0 Å². The lowest BCUT2D eigenvalue weighted by atomic mass is 9.73.